The van der Waals surface area contributed by atoms with E-state index < -0.39 is 10.7 Å². The second kappa shape index (κ2) is 6.49. The van der Waals surface area contributed by atoms with Gasteiger partial charge < -0.3 is 10.1 Å². The van der Waals surface area contributed by atoms with Gasteiger partial charge in [-0.1, -0.05) is 6.07 Å². The first-order valence-electron chi connectivity index (χ1n) is 5.88. The zero-order valence-electron chi connectivity index (χ0n) is 11.0. The Balaban J connectivity index is 2.27. The third-order valence-electron chi connectivity index (χ3n) is 2.75. The number of pyridine rings is 1. The molecule has 2 rings (SSSR count). The van der Waals surface area contributed by atoms with Crippen LogP contribution in [0.15, 0.2) is 34.9 Å². The minimum atomic E-state index is -0.689. The van der Waals surface area contributed by atoms with E-state index in [-0.39, 0.29) is 22.4 Å². The topological polar surface area (TPSA) is 77.3 Å². The normalized spacial score (nSPS) is 10.2. The number of ether oxygens (including phenoxy) is 1. The van der Waals surface area contributed by atoms with Gasteiger partial charge in [-0.2, -0.15) is 0 Å². The Morgan fingerprint density at radius 3 is 2.95 bits per heavy atom. The van der Waals surface area contributed by atoms with E-state index in [1.54, 1.807) is 18.3 Å². The molecule has 0 aliphatic heterocycles. The summed E-state index contributed by atoms with van der Waals surface area (Å²) in [6, 6.07) is 5.71. The van der Waals surface area contributed by atoms with Crippen LogP contribution in [-0.2, 0) is 6.54 Å². The van der Waals surface area contributed by atoms with Gasteiger partial charge in [0, 0.05) is 18.3 Å². The van der Waals surface area contributed by atoms with Gasteiger partial charge in [-0.15, -0.1) is 0 Å². The van der Waals surface area contributed by atoms with Crippen molar-refractivity contribution in [2.24, 2.45) is 0 Å². The average Bonchev–Trinajstić information content (AvgIpc) is 2.48. The molecule has 0 saturated heterocycles. The first-order chi connectivity index (χ1) is 10.0. The van der Waals surface area contributed by atoms with Gasteiger partial charge >= 0.3 is 0 Å². The van der Waals surface area contributed by atoms with Crippen molar-refractivity contribution in [3.8, 4) is 5.88 Å². The third-order valence-corrected chi connectivity index (χ3v) is 3.36. The van der Waals surface area contributed by atoms with Crippen molar-refractivity contribution in [3.63, 3.8) is 0 Å². The maximum absolute atomic E-state index is 13.4. The minimum Gasteiger partial charge on any atom is -0.481 e. The van der Waals surface area contributed by atoms with Crippen molar-refractivity contribution in [1.29, 1.82) is 0 Å². The zero-order chi connectivity index (χ0) is 15.4. The fraction of sp³-hybridized carbons (Fsp3) is 0.154. The van der Waals surface area contributed by atoms with E-state index in [9.17, 15) is 14.5 Å². The molecule has 0 unspecified atom stereocenters. The summed E-state index contributed by atoms with van der Waals surface area (Å²) < 4.78 is 18.6. The number of benzene rings is 1. The molecule has 0 spiro atoms. The molecule has 0 amide bonds. The molecule has 0 aliphatic carbocycles. The number of nitrogens with one attached hydrogen (secondary N) is 1. The molecule has 0 bridgehead atoms. The number of nitrogens with zero attached hydrogens (tertiary/aromatic N) is 2. The molecule has 1 N–H and O–H groups in total. The van der Waals surface area contributed by atoms with Crippen LogP contribution >= 0.6 is 15.9 Å². The summed E-state index contributed by atoms with van der Waals surface area (Å²) in [5.41, 5.74) is 0.604. The van der Waals surface area contributed by atoms with E-state index in [2.05, 4.69) is 26.2 Å². The Labute approximate surface area is 128 Å². The van der Waals surface area contributed by atoms with E-state index in [0.29, 0.717) is 5.88 Å². The van der Waals surface area contributed by atoms with Crippen molar-refractivity contribution < 1.29 is 14.1 Å². The van der Waals surface area contributed by atoms with Crippen molar-refractivity contribution >= 4 is 27.3 Å². The number of aromatic nitrogens is 1. The Kier molecular flexibility index (Phi) is 4.69. The van der Waals surface area contributed by atoms with Crippen LogP contribution in [0.3, 0.4) is 0 Å². The standard InChI is InChI=1S/C13H11BrFN3O3/c1-21-13-8(3-2-4-16-13)7-17-11-5-9(14)10(15)6-12(11)18(19)20/h2-6,17H,7H2,1H3. The van der Waals surface area contributed by atoms with E-state index in [1.807, 2.05) is 0 Å². The fourth-order valence-corrected chi connectivity index (χ4v) is 2.11. The summed E-state index contributed by atoms with van der Waals surface area (Å²) in [4.78, 5) is 14.4. The summed E-state index contributed by atoms with van der Waals surface area (Å²) in [5.74, 6) is -0.264. The summed E-state index contributed by atoms with van der Waals surface area (Å²) in [6.07, 6.45) is 1.58. The number of rotatable bonds is 5. The quantitative estimate of drug-likeness (QED) is 0.655. The second-order valence-electron chi connectivity index (χ2n) is 4.07. The minimum absolute atomic E-state index is 0.147. The summed E-state index contributed by atoms with van der Waals surface area (Å²) in [7, 11) is 1.49. The average molecular weight is 356 g/mol. The molecule has 21 heavy (non-hydrogen) atoms. The fourth-order valence-electron chi connectivity index (χ4n) is 1.76. The van der Waals surface area contributed by atoms with Gasteiger partial charge in [0.2, 0.25) is 5.88 Å². The predicted octanol–water partition coefficient (Wildman–Crippen LogP) is 3.51. The van der Waals surface area contributed by atoms with Crippen LogP contribution in [0.25, 0.3) is 0 Å². The van der Waals surface area contributed by atoms with Gasteiger partial charge in [0.25, 0.3) is 5.69 Å². The van der Waals surface area contributed by atoms with Crippen molar-refractivity contribution in [2.45, 2.75) is 6.54 Å². The van der Waals surface area contributed by atoms with Crippen molar-refractivity contribution in [2.75, 3.05) is 12.4 Å². The van der Waals surface area contributed by atoms with Crippen molar-refractivity contribution in [1.82, 2.24) is 4.98 Å². The number of nitro benzene ring substituents is 1. The molecule has 0 aliphatic rings. The number of anilines is 1. The lowest BCUT2D eigenvalue weighted by molar-refractivity contribution is -0.384. The van der Waals surface area contributed by atoms with E-state index >= 15 is 0 Å². The summed E-state index contributed by atoms with van der Waals surface area (Å²) in [6.45, 7) is 0.260. The van der Waals surface area contributed by atoms with E-state index in [4.69, 9.17) is 4.74 Å². The number of nitro groups is 1. The molecule has 0 radical (unpaired) electrons. The highest BCUT2D eigenvalue weighted by Gasteiger charge is 2.18. The van der Waals surface area contributed by atoms with Crippen LogP contribution in [0.1, 0.15) is 5.56 Å². The molecule has 1 aromatic carbocycles. The first-order valence-corrected chi connectivity index (χ1v) is 6.67. The molecule has 2 aromatic rings. The number of hydrogen-bond acceptors (Lipinski definition) is 5. The van der Waals surface area contributed by atoms with Gasteiger partial charge in [0.1, 0.15) is 11.5 Å². The Morgan fingerprint density at radius 2 is 2.29 bits per heavy atom. The first kappa shape index (κ1) is 15.2. The Bertz CT molecular complexity index is 682. The van der Waals surface area contributed by atoms with Gasteiger partial charge in [-0.05, 0) is 28.1 Å². The molecule has 6 nitrogen and oxygen atoms in total. The highest BCUT2D eigenvalue weighted by molar-refractivity contribution is 9.10. The van der Waals surface area contributed by atoms with E-state index in [1.165, 1.54) is 13.2 Å². The van der Waals surface area contributed by atoms with Gasteiger partial charge in [0.05, 0.1) is 22.6 Å². The summed E-state index contributed by atoms with van der Waals surface area (Å²) >= 11 is 3.01. The number of halogens is 2. The van der Waals surface area contributed by atoms with Gasteiger partial charge in [-0.3, -0.25) is 10.1 Å². The summed E-state index contributed by atoms with van der Waals surface area (Å²) in [5, 5.41) is 13.9. The monoisotopic (exact) mass is 355 g/mol. The molecule has 0 fully saturated rings. The molecular weight excluding hydrogens is 345 g/mol. The van der Waals surface area contributed by atoms with Crippen molar-refractivity contribution in [3.05, 3.63) is 56.4 Å². The van der Waals surface area contributed by atoms with Crippen LogP contribution in [-0.4, -0.2) is 17.0 Å². The molecule has 110 valence electrons. The predicted molar refractivity (Wildman–Crippen MR) is 78.9 cm³/mol. The lowest BCUT2D eigenvalue weighted by Crippen LogP contribution is -2.05. The van der Waals surface area contributed by atoms with Crippen LogP contribution in [0.2, 0.25) is 0 Å². The number of hydrogen-bond donors (Lipinski definition) is 1. The maximum Gasteiger partial charge on any atom is 0.295 e. The number of methoxy groups -OCH3 is 1. The van der Waals surface area contributed by atoms with Crippen LogP contribution < -0.4 is 10.1 Å². The highest BCUT2D eigenvalue weighted by Crippen LogP contribution is 2.31. The Hall–Kier alpha value is -2.22. The molecule has 1 heterocycles. The third kappa shape index (κ3) is 3.46. The smallest absolute Gasteiger partial charge is 0.295 e. The molecule has 0 atom stereocenters. The van der Waals surface area contributed by atoms with Crippen LogP contribution in [0.4, 0.5) is 15.8 Å². The highest BCUT2D eigenvalue weighted by atomic mass is 79.9. The molecular formula is C13H11BrFN3O3. The SMILES string of the molecule is COc1ncccc1CNc1cc(Br)c(F)cc1[N+](=O)[O-]. The molecule has 0 saturated carbocycles. The van der Waals surface area contributed by atoms with Gasteiger partial charge in [-0.25, -0.2) is 9.37 Å². The van der Waals surface area contributed by atoms with Crippen LogP contribution in [0, 0.1) is 15.9 Å². The largest absolute Gasteiger partial charge is 0.481 e. The van der Waals surface area contributed by atoms with Gasteiger partial charge in [0.15, 0.2) is 0 Å². The lowest BCUT2D eigenvalue weighted by atomic mass is 10.2. The van der Waals surface area contributed by atoms with Crippen LogP contribution in [0.5, 0.6) is 5.88 Å². The Morgan fingerprint density at radius 1 is 1.52 bits per heavy atom. The van der Waals surface area contributed by atoms with E-state index in [0.717, 1.165) is 11.6 Å². The maximum atomic E-state index is 13.4. The zero-order valence-corrected chi connectivity index (χ0v) is 12.6. The molecule has 1 aromatic heterocycles. The second-order valence-corrected chi connectivity index (χ2v) is 4.92. The molecule has 8 heteroatoms. The lowest BCUT2D eigenvalue weighted by Gasteiger charge is -2.10.